The molecule has 0 amide bonds. The molecule has 5 heteroatoms. The first-order valence-electron chi connectivity index (χ1n) is 20.3. The molecule has 60 heavy (non-hydrogen) atoms. The maximum atomic E-state index is 5.42. The molecule has 12 rings (SSSR count). The molecule has 0 spiro atoms. The molecule has 10 aromatic rings. The van der Waals surface area contributed by atoms with Gasteiger partial charge in [0.25, 0.3) is 0 Å². The predicted molar refractivity (Wildman–Crippen MR) is 242 cm³/mol. The summed E-state index contributed by atoms with van der Waals surface area (Å²) in [6, 6.07) is 73.2. The first-order valence-corrected chi connectivity index (χ1v) is 20.3. The second-order valence-corrected chi connectivity index (χ2v) is 15.3. The van der Waals surface area contributed by atoms with Crippen molar-refractivity contribution < 1.29 is 0 Å². The van der Waals surface area contributed by atoms with Crippen molar-refractivity contribution in [2.45, 2.75) is 5.41 Å². The van der Waals surface area contributed by atoms with E-state index in [1.54, 1.807) is 0 Å². The van der Waals surface area contributed by atoms with E-state index in [1.165, 1.54) is 27.8 Å². The van der Waals surface area contributed by atoms with E-state index in [0.717, 1.165) is 61.2 Å². The number of rotatable bonds is 6. The van der Waals surface area contributed by atoms with Crippen LogP contribution in [0.15, 0.2) is 212 Å². The fourth-order valence-corrected chi connectivity index (χ4v) is 9.73. The Hall–Kier alpha value is -8.02. The molecule has 0 N–H and O–H groups in total. The average Bonchev–Trinajstić information content (AvgIpc) is 3.64. The molecule has 1 aliphatic heterocycles. The van der Waals surface area contributed by atoms with E-state index in [9.17, 15) is 0 Å². The summed E-state index contributed by atoms with van der Waals surface area (Å²) in [6.45, 7) is 0. The van der Waals surface area contributed by atoms with Crippen LogP contribution in [-0.2, 0) is 5.41 Å². The normalized spacial score (nSPS) is 13.1. The van der Waals surface area contributed by atoms with Crippen molar-refractivity contribution in [2.75, 3.05) is 4.90 Å². The van der Waals surface area contributed by atoms with E-state index in [1.807, 2.05) is 54.7 Å². The fourth-order valence-electron chi connectivity index (χ4n) is 9.73. The Labute approximate surface area is 348 Å². The van der Waals surface area contributed by atoms with Crippen LogP contribution in [0.25, 0.3) is 67.1 Å². The molecule has 0 saturated heterocycles. The maximum Gasteiger partial charge on any atom is 0.238 e. The maximum absolute atomic E-state index is 5.42. The van der Waals surface area contributed by atoms with Crippen molar-refractivity contribution in [3.8, 4) is 56.3 Å². The molecule has 0 fully saturated rings. The van der Waals surface area contributed by atoms with Crippen LogP contribution in [0.2, 0.25) is 0 Å². The molecule has 280 valence electrons. The van der Waals surface area contributed by atoms with Gasteiger partial charge in [-0.1, -0.05) is 188 Å². The average molecular weight is 766 g/mol. The van der Waals surface area contributed by atoms with E-state index in [2.05, 4.69) is 163 Å². The standard InChI is InChI=1S/C55H35N5/c1-5-18-36(19-6-1)52-57-53(37-20-7-2-8-21-37)59-54(58-52)60-48-30-17-27-41-40(47-29-15-16-35-56-47)31-32-42(49(41)48)43-33-34-46-50(51(43)60)44-26-13-14-28-45(44)55(46,38-22-9-3-10-23-38)39-24-11-4-12-25-39/h1-35H. The number of hydrogen-bond donors (Lipinski definition) is 0. The van der Waals surface area contributed by atoms with Crippen molar-refractivity contribution in [3.63, 3.8) is 0 Å². The number of benzene rings is 8. The van der Waals surface area contributed by atoms with Gasteiger partial charge in [-0.2, -0.15) is 9.97 Å². The number of hydrogen-bond acceptors (Lipinski definition) is 5. The Morgan fingerprint density at radius 2 is 0.983 bits per heavy atom. The van der Waals surface area contributed by atoms with Gasteiger partial charge >= 0.3 is 0 Å². The highest BCUT2D eigenvalue weighted by Crippen LogP contribution is 2.63. The highest BCUT2D eigenvalue weighted by atomic mass is 15.3. The SMILES string of the molecule is c1ccc(-c2nc(-c3ccccc3)nc(N3c4c(ccc5c4-c4ccccc4C5(c4ccccc4)c4ccccc4)-c4ccc(-c5ccccn5)c5cccc3c45)n2)cc1. The van der Waals surface area contributed by atoms with Crippen LogP contribution in [0.3, 0.4) is 0 Å². The van der Waals surface area contributed by atoms with Gasteiger partial charge in [-0.15, -0.1) is 0 Å². The minimum absolute atomic E-state index is 0.549. The number of pyridine rings is 1. The Morgan fingerprint density at radius 1 is 0.400 bits per heavy atom. The van der Waals surface area contributed by atoms with Crippen molar-refractivity contribution in [3.05, 3.63) is 235 Å². The van der Waals surface area contributed by atoms with Gasteiger partial charge in [-0.3, -0.25) is 9.88 Å². The summed E-state index contributed by atoms with van der Waals surface area (Å²) >= 11 is 0. The quantitative estimate of drug-likeness (QED) is 0.169. The van der Waals surface area contributed by atoms with Crippen LogP contribution < -0.4 is 4.90 Å². The van der Waals surface area contributed by atoms with Crippen molar-refractivity contribution in [1.82, 2.24) is 19.9 Å². The molecule has 2 aliphatic rings. The van der Waals surface area contributed by atoms with E-state index >= 15 is 0 Å². The second-order valence-electron chi connectivity index (χ2n) is 15.3. The molecule has 8 aromatic carbocycles. The minimum atomic E-state index is -0.590. The topological polar surface area (TPSA) is 54.8 Å². The molecule has 0 atom stereocenters. The van der Waals surface area contributed by atoms with Gasteiger partial charge in [0.2, 0.25) is 5.95 Å². The molecular weight excluding hydrogens is 731 g/mol. The van der Waals surface area contributed by atoms with Crippen molar-refractivity contribution in [2.24, 2.45) is 0 Å². The summed E-state index contributed by atoms with van der Waals surface area (Å²) in [4.78, 5) is 23.1. The first kappa shape index (κ1) is 34.1. The molecule has 5 nitrogen and oxygen atoms in total. The van der Waals surface area contributed by atoms with Crippen LogP contribution in [0.1, 0.15) is 22.3 Å². The smallest absolute Gasteiger partial charge is 0.238 e. The fraction of sp³-hybridized carbons (Fsp3) is 0.0182. The highest BCUT2D eigenvalue weighted by Gasteiger charge is 2.48. The van der Waals surface area contributed by atoms with E-state index in [-0.39, 0.29) is 0 Å². The zero-order chi connectivity index (χ0) is 39.6. The van der Waals surface area contributed by atoms with Gasteiger partial charge in [-0.25, -0.2) is 4.98 Å². The van der Waals surface area contributed by atoms with E-state index in [4.69, 9.17) is 19.9 Å². The minimum Gasteiger partial charge on any atom is -0.277 e. The summed E-state index contributed by atoms with van der Waals surface area (Å²) in [6.07, 6.45) is 1.86. The molecule has 1 aliphatic carbocycles. The molecular formula is C55H35N5. The van der Waals surface area contributed by atoms with Crippen LogP contribution in [0.5, 0.6) is 0 Å². The van der Waals surface area contributed by atoms with Gasteiger partial charge in [0.05, 0.1) is 22.5 Å². The lowest BCUT2D eigenvalue weighted by molar-refractivity contribution is 0.768. The number of aromatic nitrogens is 4. The monoisotopic (exact) mass is 765 g/mol. The van der Waals surface area contributed by atoms with Crippen molar-refractivity contribution in [1.29, 1.82) is 0 Å². The Morgan fingerprint density at radius 3 is 1.63 bits per heavy atom. The summed E-state index contributed by atoms with van der Waals surface area (Å²) in [7, 11) is 0. The van der Waals surface area contributed by atoms with E-state index in [0.29, 0.717) is 17.6 Å². The third-order valence-corrected chi connectivity index (χ3v) is 12.2. The Balaban J connectivity index is 1.24. The van der Waals surface area contributed by atoms with E-state index < -0.39 is 5.41 Å². The zero-order valence-electron chi connectivity index (χ0n) is 32.4. The highest BCUT2D eigenvalue weighted by molar-refractivity contribution is 6.19. The van der Waals surface area contributed by atoms with Crippen LogP contribution in [0, 0.1) is 0 Å². The Kier molecular flexibility index (Phi) is 7.69. The lowest BCUT2D eigenvalue weighted by Crippen LogP contribution is -2.28. The van der Waals surface area contributed by atoms with Gasteiger partial charge in [-0.05, 0) is 57.0 Å². The van der Waals surface area contributed by atoms with Crippen molar-refractivity contribution >= 4 is 28.1 Å². The molecule has 0 saturated carbocycles. The molecule has 3 heterocycles. The molecule has 0 unspecified atom stereocenters. The lowest BCUT2D eigenvalue weighted by Gasteiger charge is -2.36. The predicted octanol–water partition coefficient (Wildman–Crippen LogP) is 13.2. The van der Waals surface area contributed by atoms with Crippen LogP contribution in [-0.4, -0.2) is 19.9 Å². The van der Waals surface area contributed by atoms with Crippen LogP contribution in [0.4, 0.5) is 17.3 Å². The Bertz CT molecular complexity index is 3150. The molecule has 0 bridgehead atoms. The molecule has 0 radical (unpaired) electrons. The summed E-state index contributed by atoms with van der Waals surface area (Å²) in [5, 5.41) is 2.24. The first-order chi connectivity index (χ1) is 29.8. The molecule has 2 aromatic heterocycles. The summed E-state index contributed by atoms with van der Waals surface area (Å²) in [5.41, 5.74) is 14.8. The third kappa shape index (κ3) is 4.99. The van der Waals surface area contributed by atoms with Gasteiger partial charge in [0, 0.05) is 39.4 Å². The largest absolute Gasteiger partial charge is 0.277 e. The summed E-state index contributed by atoms with van der Waals surface area (Å²) in [5.74, 6) is 1.77. The van der Waals surface area contributed by atoms with Gasteiger partial charge in [0.1, 0.15) is 0 Å². The van der Waals surface area contributed by atoms with Gasteiger partial charge < -0.3 is 0 Å². The number of anilines is 3. The number of nitrogens with zero attached hydrogens (tertiary/aromatic N) is 5. The zero-order valence-corrected chi connectivity index (χ0v) is 32.4. The lowest BCUT2D eigenvalue weighted by atomic mass is 9.67. The third-order valence-electron chi connectivity index (χ3n) is 12.2. The number of fused-ring (bicyclic) bond motifs is 6. The van der Waals surface area contributed by atoms with Crippen LogP contribution >= 0.6 is 0 Å². The summed E-state index contributed by atoms with van der Waals surface area (Å²) < 4.78 is 0. The van der Waals surface area contributed by atoms with Gasteiger partial charge in [0.15, 0.2) is 11.6 Å². The second kappa shape index (κ2) is 13.5.